The summed E-state index contributed by atoms with van der Waals surface area (Å²) in [4.78, 5) is 11.7. The van der Waals surface area contributed by atoms with Crippen LogP contribution in [0.3, 0.4) is 0 Å². The average Bonchev–Trinajstić information content (AvgIpc) is 3.36. The molecule has 2 aromatic carbocycles. The maximum Gasteiger partial charge on any atom is 0.150 e. The number of nitrogens with one attached hydrogen (secondary N) is 1. The third-order valence-corrected chi connectivity index (χ3v) is 6.65. The second-order valence-corrected chi connectivity index (χ2v) is 9.03. The summed E-state index contributed by atoms with van der Waals surface area (Å²) in [6.45, 7) is 4.10. The van der Waals surface area contributed by atoms with Crippen LogP contribution in [0.15, 0.2) is 66.9 Å². The molecule has 4 aromatic rings. The summed E-state index contributed by atoms with van der Waals surface area (Å²) in [5.74, 6) is 0.674. The van der Waals surface area contributed by atoms with Gasteiger partial charge in [0.1, 0.15) is 5.82 Å². The van der Waals surface area contributed by atoms with Gasteiger partial charge in [-0.25, -0.2) is 4.98 Å². The minimum absolute atomic E-state index is 0.620. The van der Waals surface area contributed by atoms with Crippen LogP contribution in [0.4, 0.5) is 11.5 Å². The second kappa shape index (κ2) is 9.77. The predicted octanol–water partition coefficient (Wildman–Crippen LogP) is 5.78. The van der Waals surface area contributed by atoms with Crippen LogP contribution in [-0.2, 0) is 13.0 Å². The number of pyridine rings is 2. The molecule has 0 amide bonds. The summed E-state index contributed by atoms with van der Waals surface area (Å²) in [6, 6.07) is 20.3. The van der Waals surface area contributed by atoms with Crippen molar-refractivity contribution in [3.05, 3.63) is 83.0 Å². The number of hydrogen-bond acceptors (Lipinski definition) is 5. The van der Waals surface area contributed by atoms with Gasteiger partial charge in [-0.15, -0.1) is 0 Å². The quantitative estimate of drug-likeness (QED) is 0.368. The molecule has 3 N–H and O–H groups in total. The van der Waals surface area contributed by atoms with Gasteiger partial charge in [0.2, 0.25) is 0 Å². The van der Waals surface area contributed by atoms with E-state index in [2.05, 4.69) is 45.5 Å². The number of likely N-dealkylation sites (tertiary alicyclic amines) is 1. The zero-order chi connectivity index (χ0) is 22.6. The van der Waals surface area contributed by atoms with Gasteiger partial charge >= 0.3 is 0 Å². The highest BCUT2D eigenvalue weighted by atomic mass is 35.5. The molecule has 0 spiro atoms. The fourth-order valence-electron chi connectivity index (χ4n) is 4.39. The van der Waals surface area contributed by atoms with Gasteiger partial charge in [-0.1, -0.05) is 35.9 Å². The first-order valence-electron chi connectivity index (χ1n) is 11.5. The Labute approximate surface area is 199 Å². The normalized spacial score (nSPS) is 14.1. The molecule has 5 nitrogen and oxygen atoms in total. The summed E-state index contributed by atoms with van der Waals surface area (Å²) in [6.07, 6.45) is 5.40. The van der Waals surface area contributed by atoms with Crippen molar-refractivity contribution in [2.75, 3.05) is 30.7 Å². The molecule has 2 aromatic heterocycles. The third kappa shape index (κ3) is 5.10. The number of fused-ring (bicyclic) bond motifs is 1. The Hall–Kier alpha value is -3.15. The van der Waals surface area contributed by atoms with Crippen LogP contribution >= 0.6 is 11.6 Å². The Morgan fingerprint density at radius 2 is 1.88 bits per heavy atom. The van der Waals surface area contributed by atoms with E-state index >= 15 is 0 Å². The number of nitrogens with two attached hydrogens (primary N) is 1. The maximum absolute atomic E-state index is 6.63. The van der Waals surface area contributed by atoms with Gasteiger partial charge in [0.15, 0.2) is 0 Å². The van der Waals surface area contributed by atoms with E-state index in [1.54, 1.807) is 0 Å². The fourth-order valence-corrected chi connectivity index (χ4v) is 4.66. The molecule has 5 rings (SSSR count). The lowest BCUT2D eigenvalue weighted by Gasteiger charge is -2.15. The maximum atomic E-state index is 6.63. The van der Waals surface area contributed by atoms with E-state index in [0.29, 0.717) is 18.1 Å². The van der Waals surface area contributed by atoms with Crippen LogP contribution in [0.5, 0.6) is 0 Å². The van der Waals surface area contributed by atoms with Crippen molar-refractivity contribution in [3.63, 3.8) is 0 Å². The standard InChI is InChI=1S/C27H28ClN5/c28-23-17-22(7-6-20(23)11-15-33-13-1-2-14-33)26-10-8-24(29)27(32-26)31-18-19-5-9-25-21(16-19)4-3-12-30-25/h3-10,12,16-17H,1-2,11,13-15,18,29H2,(H,31,32). The number of halogens is 1. The number of nitrogen functional groups attached to an aromatic ring is 1. The fraction of sp³-hybridized carbons (Fsp3) is 0.259. The molecular weight excluding hydrogens is 430 g/mol. The van der Waals surface area contributed by atoms with Crippen molar-refractivity contribution in [2.45, 2.75) is 25.8 Å². The first-order valence-corrected chi connectivity index (χ1v) is 11.9. The molecule has 1 aliphatic rings. The molecule has 33 heavy (non-hydrogen) atoms. The lowest BCUT2D eigenvalue weighted by molar-refractivity contribution is 0.343. The van der Waals surface area contributed by atoms with Gasteiger partial charge in [0, 0.05) is 35.3 Å². The van der Waals surface area contributed by atoms with Crippen LogP contribution in [0.1, 0.15) is 24.0 Å². The van der Waals surface area contributed by atoms with Gasteiger partial charge in [-0.2, -0.15) is 0 Å². The zero-order valence-electron chi connectivity index (χ0n) is 18.6. The highest BCUT2D eigenvalue weighted by Crippen LogP contribution is 2.28. The third-order valence-electron chi connectivity index (χ3n) is 6.30. The number of anilines is 2. The van der Waals surface area contributed by atoms with E-state index in [-0.39, 0.29) is 0 Å². The Balaban J connectivity index is 1.29. The van der Waals surface area contributed by atoms with Crippen molar-refractivity contribution >= 4 is 34.0 Å². The lowest BCUT2D eigenvalue weighted by Crippen LogP contribution is -2.22. The molecule has 0 atom stereocenters. The molecule has 3 heterocycles. The molecule has 0 radical (unpaired) electrons. The van der Waals surface area contributed by atoms with Crippen molar-refractivity contribution in [1.29, 1.82) is 0 Å². The van der Waals surface area contributed by atoms with E-state index in [1.807, 2.05) is 36.5 Å². The molecule has 1 aliphatic heterocycles. The SMILES string of the molecule is Nc1ccc(-c2ccc(CCN3CCCC3)c(Cl)c2)nc1NCc1ccc2ncccc2c1. The van der Waals surface area contributed by atoms with Crippen LogP contribution in [-0.4, -0.2) is 34.5 Å². The molecule has 0 saturated carbocycles. The number of benzene rings is 2. The molecule has 1 saturated heterocycles. The van der Waals surface area contributed by atoms with E-state index in [9.17, 15) is 0 Å². The minimum Gasteiger partial charge on any atom is -0.396 e. The topological polar surface area (TPSA) is 67.1 Å². The van der Waals surface area contributed by atoms with E-state index in [0.717, 1.165) is 45.7 Å². The number of nitrogens with zero attached hydrogens (tertiary/aromatic N) is 3. The smallest absolute Gasteiger partial charge is 0.150 e. The van der Waals surface area contributed by atoms with Gasteiger partial charge in [-0.05, 0) is 79.9 Å². The molecule has 1 fully saturated rings. The second-order valence-electron chi connectivity index (χ2n) is 8.62. The molecule has 168 valence electrons. The van der Waals surface area contributed by atoms with Gasteiger partial charge in [-0.3, -0.25) is 4.98 Å². The van der Waals surface area contributed by atoms with Crippen LogP contribution < -0.4 is 11.1 Å². The first kappa shape index (κ1) is 21.7. The van der Waals surface area contributed by atoms with Gasteiger partial charge < -0.3 is 16.0 Å². The van der Waals surface area contributed by atoms with Crippen LogP contribution in [0, 0.1) is 0 Å². The highest BCUT2D eigenvalue weighted by Gasteiger charge is 2.13. The number of aromatic nitrogens is 2. The number of rotatable bonds is 7. The molecular formula is C27H28ClN5. The van der Waals surface area contributed by atoms with Crippen molar-refractivity contribution in [3.8, 4) is 11.3 Å². The molecule has 0 bridgehead atoms. The summed E-state index contributed by atoms with van der Waals surface area (Å²) in [5.41, 5.74) is 12.0. The Kier molecular flexibility index (Phi) is 6.42. The molecule has 0 unspecified atom stereocenters. The van der Waals surface area contributed by atoms with E-state index in [4.69, 9.17) is 22.3 Å². The average molecular weight is 458 g/mol. The largest absolute Gasteiger partial charge is 0.396 e. The van der Waals surface area contributed by atoms with Crippen LogP contribution in [0.25, 0.3) is 22.2 Å². The van der Waals surface area contributed by atoms with E-state index in [1.165, 1.54) is 31.5 Å². The molecule has 6 heteroatoms. The Bertz CT molecular complexity index is 1270. The Morgan fingerprint density at radius 3 is 2.73 bits per heavy atom. The van der Waals surface area contributed by atoms with Gasteiger partial charge in [0.05, 0.1) is 16.9 Å². The van der Waals surface area contributed by atoms with E-state index < -0.39 is 0 Å². The summed E-state index contributed by atoms with van der Waals surface area (Å²) in [7, 11) is 0. The Morgan fingerprint density at radius 1 is 1.00 bits per heavy atom. The summed E-state index contributed by atoms with van der Waals surface area (Å²) in [5, 5.41) is 5.30. The highest BCUT2D eigenvalue weighted by molar-refractivity contribution is 6.31. The minimum atomic E-state index is 0.620. The van der Waals surface area contributed by atoms with Crippen molar-refractivity contribution in [2.24, 2.45) is 0 Å². The van der Waals surface area contributed by atoms with Crippen molar-refractivity contribution in [1.82, 2.24) is 14.9 Å². The molecule has 0 aliphatic carbocycles. The lowest BCUT2D eigenvalue weighted by atomic mass is 10.1. The summed E-state index contributed by atoms with van der Waals surface area (Å²) < 4.78 is 0. The van der Waals surface area contributed by atoms with Gasteiger partial charge in [0.25, 0.3) is 0 Å². The zero-order valence-corrected chi connectivity index (χ0v) is 19.4. The monoisotopic (exact) mass is 457 g/mol. The summed E-state index contributed by atoms with van der Waals surface area (Å²) >= 11 is 6.63. The van der Waals surface area contributed by atoms with Crippen LogP contribution in [0.2, 0.25) is 5.02 Å². The predicted molar refractivity (Wildman–Crippen MR) is 138 cm³/mol. The first-order chi connectivity index (χ1) is 16.2. The number of hydrogen-bond donors (Lipinski definition) is 2. The van der Waals surface area contributed by atoms with Crippen molar-refractivity contribution < 1.29 is 0 Å².